The lowest BCUT2D eigenvalue weighted by Gasteiger charge is -2.40. The molecule has 0 radical (unpaired) electrons. The van der Waals surface area contributed by atoms with Crippen molar-refractivity contribution >= 4 is 16.6 Å². The summed E-state index contributed by atoms with van der Waals surface area (Å²) in [5.41, 5.74) is 1.17. The summed E-state index contributed by atoms with van der Waals surface area (Å²) >= 11 is 0. The number of β-amino-alcohol motifs (C(OH)–C–C–N with tert-alkyl or cyclic N) is 1. The Kier molecular flexibility index (Phi) is 4.11. The number of fused-ring (bicyclic) bond motifs is 1. The van der Waals surface area contributed by atoms with Crippen molar-refractivity contribution in [3.8, 4) is 0 Å². The molecule has 1 aliphatic rings. The molecule has 26 heavy (non-hydrogen) atoms. The van der Waals surface area contributed by atoms with Gasteiger partial charge in [-0.1, -0.05) is 12.1 Å². The van der Waals surface area contributed by atoms with Crippen LogP contribution < -0.4 is 4.90 Å². The van der Waals surface area contributed by atoms with Gasteiger partial charge < -0.3 is 14.6 Å². The lowest BCUT2D eigenvalue weighted by atomic mass is 9.88. The summed E-state index contributed by atoms with van der Waals surface area (Å²) in [6.07, 6.45) is 3.64. The van der Waals surface area contributed by atoms with Crippen molar-refractivity contribution in [3.63, 3.8) is 0 Å². The normalized spacial score (nSPS) is 20.7. The number of aromatic nitrogens is 4. The number of para-hydroxylation sites is 1. The van der Waals surface area contributed by atoms with E-state index in [4.69, 9.17) is 0 Å². The summed E-state index contributed by atoms with van der Waals surface area (Å²) < 4.78 is 16.0. The minimum atomic E-state index is -0.893. The molecule has 2 aromatic heterocycles. The first-order valence-electron chi connectivity index (χ1n) is 8.81. The molecular formula is C19H22FN5O. The molecule has 1 atom stereocenters. The number of hydrogen-bond donors (Lipinski definition) is 1. The molecule has 0 saturated carbocycles. The number of hydrogen-bond acceptors (Lipinski definition) is 5. The molecule has 3 heterocycles. The molecule has 1 aromatic carbocycles. The predicted molar refractivity (Wildman–Crippen MR) is 97.5 cm³/mol. The quantitative estimate of drug-likeness (QED) is 0.781. The van der Waals surface area contributed by atoms with Gasteiger partial charge in [-0.2, -0.15) is 0 Å². The van der Waals surface area contributed by atoms with Crippen LogP contribution in [0.1, 0.15) is 24.4 Å². The highest BCUT2D eigenvalue weighted by Crippen LogP contribution is 2.33. The highest BCUT2D eigenvalue weighted by molar-refractivity contribution is 5.92. The summed E-state index contributed by atoms with van der Waals surface area (Å²) in [7, 11) is 1.88. The van der Waals surface area contributed by atoms with E-state index >= 15 is 0 Å². The zero-order chi connectivity index (χ0) is 18.3. The monoisotopic (exact) mass is 355 g/mol. The van der Waals surface area contributed by atoms with Gasteiger partial charge in [0.2, 0.25) is 0 Å². The zero-order valence-electron chi connectivity index (χ0n) is 15.0. The van der Waals surface area contributed by atoms with Gasteiger partial charge in [-0.05, 0) is 31.9 Å². The van der Waals surface area contributed by atoms with Gasteiger partial charge in [0.1, 0.15) is 23.5 Å². The standard InChI is InChI=1S/C19H22FN5O/c1-13-9-16(14-5-3-6-15(20)18(14)22-13)25-8-4-7-19(26,11-25)10-17-23-21-12-24(17)2/h3,5-6,9,12,26H,4,7-8,10-11H2,1-2H3. The van der Waals surface area contributed by atoms with Gasteiger partial charge in [-0.15, -0.1) is 10.2 Å². The van der Waals surface area contributed by atoms with Crippen molar-refractivity contribution < 1.29 is 9.50 Å². The number of rotatable bonds is 3. The summed E-state index contributed by atoms with van der Waals surface area (Å²) in [4.78, 5) is 6.49. The maximum absolute atomic E-state index is 14.2. The minimum absolute atomic E-state index is 0.321. The van der Waals surface area contributed by atoms with E-state index in [9.17, 15) is 9.50 Å². The van der Waals surface area contributed by atoms with E-state index < -0.39 is 5.60 Å². The summed E-state index contributed by atoms with van der Waals surface area (Å²) in [5, 5.41) is 20.0. The lowest BCUT2D eigenvalue weighted by molar-refractivity contribution is 0.0239. The van der Waals surface area contributed by atoms with Gasteiger partial charge in [0, 0.05) is 43.3 Å². The molecule has 0 aliphatic carbocycles. The molecule has 1 N–H and O–H groups in total. The third-order valence-corrected chi connectivity index (χ3v) is 5.08. The van der Waals surface area contributed by atoms with Crippen LogP contribution in [0.15, 0.2) is 30.6 Å². The van der Waals surface area contributed by atoms with Crippen molar-refractivity contribution in [2.75, 3.05) is 18.0 Å². The van der Waals surface area contributed by atoms with Crippen LogP contribution in [0, 0.1) is 12.7 Å². The number of pyridine rings is 1. The second kappa shape index (κ2) is 6.32. The maximum Gasteiger partial charge on any atom is 0.149 e. The number of benzene rings is 1. The van der Waals surface area contributed by atoms with Crippen LogP contribution in [-0.2, 0) is 13.5 Å². The van der Waals surface area contributed by atoms with Crippen LogP contribution >= 0.6 is 0 Å². The molecule has 136 valence electrons. The molecule has 7 heteroatoms. The number of aryl methyl sites for hydroxylation is 2. The second-order valence-electron chi connectivity index (χ2n) is 7.20. The summed E-state index contributed by atoms with van der Waals surface area (Å²) in [5.74, 6) is 0.440. The Bertz CT molecular complexity index is 956. The van der Waals surface area contributed by atoms with Crippen molar-refractivity contribution in [3.05, 3.63) is 47.9 Å². The first kappa shape index (κ1) is 16.9. The number of anilines is 1. The first-order valence-corrected chi connectivity index (χ1v) is 8.81. The van der Waals surface area contributed by atoms with Crippen LogP contribution in [0.4, 0.5) is 10.1 Å². The highest BCUT2D eigenvalue weighted by atomic mass is 19.1. The van der Waals surface area contributed by atoms with Crippen molar-refractivity contribution in [1.29, 1.82) is 0 Å². The number of aliphatic hydroxyl groups is 1. The van der Waals surface area contributed by atoms with E-state index in [1.54, 1.807) is 12.4 Å². The van der Waals surface area contributed by atoms with Gasteiger partial charge in [0.05, 0.1) is 5.60 Å². The number of piperidine rings is 1. The lowest BCUT2D eigenvalue weighted by Crippen LogP contribution is -2.50. The van der Waals surface area contributed by atoms with Crippen LogP contribution in [0.25, 0.3) is 10.9 Å². The predicted octanol–water partition coefficient (Wildman–Crippen LogP) is 2.38. The summed E-state index contributed by atoms with van der Waals surface area (Å²) in [6, 6.07) is 6.99. The Balaban J connectivity index is 1.69. The molecular weight excluding hydrogens is 333 g/mol. The Morgan fingerprint density at radius 2 is 2.19 bits per heavy atom. The van der Waals surface area contributed by atoms with Crippen molar-refractivity contribution in [2.45, 2.75) is 31.8 Å². The fourth-order valence-corrected chi connectivity index (χ4v) is 3.81. The molecule has 6 nitrogen and oxygen atoms in total. The fraction of sp³-hybridized carbons (Fsp3) is 0.421. The largest absolute Gasteiger partial charge is 0.388 e. The van der Waals surface area contributed by atoms with Gasteiger partial charge in [0.25, 0.3) is 0 Å². The van der Waals surface area contributed by atoms with Crippen LogP contribution in [0.2, 0.25) is 0 Å². The van der Waals surface area contributed by atoms with Crippen molar-refractivity contribution in [1.82, 2.24) is 19.7 Å². The van der Waals surface area contributed by atoms with Crippen LogP contribution in [0.5, 0.6) is 0 Å². The van der Waals surface area contributed by atoms with Gasteiger partial charge >= 0.3 is 0 Å². The molecule has 1 aliphatic heterocycles. The first-order chi connectivity index (χ1) is 12.5. The SMILES string of the molecule is Cc1cc(N2CCCC(O)(Cc3nncn3C)C2)c2cccc(F)c2n1. The highest BCUT2D eigenvalue weighted by Gasteiger charge is 2.35. The Morgan fingerprint density at radius 1 is 1.35 bits per heavy atom. The zero-order valence-corrected chi connectivity index (χ0v) is 15.0. The minimum Gasteiger partial charge on any atom is -0.388 e. The van der Waals surface area contributed by atoms with E-state index in [1.807, 2.05) is 30.7 Å². The van der Waals surface area contributed by atoms with E-state index in [1.165, 1.54) is 6.07 Å². The molecule has 3 aromatic rings. The van der Waals surface area contributed by atoms with Gasteiger partial charge in [-0.25, -0.2) is 9.37 Å². The number of nitrogens with zero attached hydrogens (tertiary/aromatic N) is 5. The Hall–Kier alpha value is -2.54. The van der Waals surface area contributed by atoms with Crippen LogP contribution in [-0.4, -0.2) is 43.5 Å². The molecule has 0 bridgehead atoms. The molecule has 4 rings (SSSR count). The number of halogens is 1. The average Bonchev–Trinajstić information content (AvgIpc) is 2.99. The molecule has 1 unspecified atom stereocenters. The van der Waals surface area contributed by atoms with Crippen molar-refractivity contribution in [2.24, 2.45) is 7.05 Å². The average molecular weight is 355 g/mol. The molecule has 0 spiro atoms. The van der Waals surface area contributed by atoms with Gasteiger partial charge in [-0.3, -0.25) is 0 Å². The van der Waals surface area contributed by atoms with Crippen LogP contribution in [0.3, 0.4) is 0 Å². The fourth-order valence-electron chi connectivity index (χ4n) is 3.81. The van der Waals surface area contributed by atoms with E-state index in [0.29, 0.717) is 24.9 Å². The third kappa shape index (κ3) is 3.03. The topological polar surface area (TPSA) is 67.1 Å². The third-order valence-electron chi connectivity index (χ3n) is 5.08. The smallest absolute Gasteiger partial charge is 0.149 e. The second-order valence-corrected chi connectivity index (χ2v) is 7.20. The summed E-state index contributed by atoms with van der Waals surface area (Å²) in [6.45, 7) is 3.15. The van der Waals surface area contributed by atoms with E-state index in [-0.39, 0.29) is 5.82 Å². The molecule has 1 fully saturated rings. The van der Waals surface area contributed by atoms with E-state index in [0.717, 1.165) is 35.6 Å². The van der Waals surface area contributed by atoms with Gasteiger partial charge in [0.15, 0.2) is 0 Å². The van der Waals surface area contributed by atoms with E-state index in [2.05, 4.69) is 20.1 Å². The Labute approximate surface area is 151 Å². The maximum atomic E-state index is 14.2. The molecule has 0 amide bonds. The molecule has 1 saturated heterocycles. The Morgan fingerprint density at radius 3 is 2.96 bits per heavy atom.